The highest BCUT2D eigenvalue weighted by atomic mass is 16.4. The Morgan fingerprint density at radius 1 is 1.33 bits per heavy atom. The highest BCUT2D eigenvalue weighted by molar-refractivity contribution is 6.33. The summed E-state index contributed by atoms with van der Waals surface area (Å²) in [6, 6.07) is 1.59. The second-order valence-corrected chi connectivity index (χ2v) is 2.07. The molecule has 0 aliphatic rings. The second kappa shape index (κ2) is 3.56. The number of aliphatic carboxylic acids is 1. The van der Waals surface area contributed by atoms with Gasteiger partial charge in [0.15, 0.2) is 0 Å². The molecule has 5 heteroatoms. The molecule has 62 valence electrons. The number of carboxylic acids is 1. The van der Waals surface area contributed by atoms with Crippen LogP contribution >= 0.6 is 0 Å². The smallest absolute Gasteiger partial charge is 0.372 e. The Bertz CT molecular complexity index is 297. The third-order valence-corrected chi connectivity index (χ3v) is 1.18. The van der Waals surface area contributed by atoms with Crippen LogP contribution in [-0.4, -0.2) is 26.8 Å². The number of carbonyl (C=O) groups is 2. The van der Waals surface area contributed by atoms with Crippen molar-refractivity contribution in [2.75, 3.05) is 0 Å². The lowest BCUT2D eigenvalue weighted by Gasteiger charge is -1.93. The van der Waals surface area contributed by atoms with E-state index in [2.05, 4.69) is 9.97 Å². The Morgan fingerprint density at radius 3 is 2.42 bits per heavy atom. The quantitative estimate of drug-likeness (QED) is 0.622. The van der Waals surface area contributed by atoms with Crippen LogP contribution in [0.1, 0.15) is 5.82 Å². The largest absolute Gasteiger partial charge is 0.475 e. The van der Waals surface area contributed by atoms with Crippen molar-refractivity contribution in [2.24, 2.45) is 0 Å². The fourth-order valence-corrected chi connectivity index (χ4v) is 0.640. The third-order valence-electron chi connectivity index (χ3n) is 1.18. The number of ketones is 1. The number of nitrogens with zero attached hydrogens (tertiary/aromatic N) is 2. The Balaban J connectivity index is 2.65. The summed E-state index contributed by atoms with van der Waals surface area (Å²) in [6.45, 7) is 0. The highest BCUT2D eigenvalue weighted by Crippen LogP contribution is 1.90. The van der Waals surface area contributed by atoms with Gasteiger partial charge in [0.2, 0.25) is 5.78 Å². The molecule has 0 spiro atoms. The van der Waals surface area contributed by atoms with Gasteiger partial charge in [-0.25, -0.2) is 14.8 Å². The Morgan fingerprint density at radius 2 is 1.92 bits per heavy atom. The zero-order chi connectivity index (χ0) is 8.97. The summed E-state index contributed by atoms with van der Waals surface area (Å²) in [5.41, 5.74) is 0. The number of carboxylic acid groups (broad SMARTS) is 1. The van der Waals surface area contributed by atoms with Crippen LogP contribution in [-0.2, 0) is 16.0 Å². The average Bonchev–Trinajstić information content (AvgIpc) is 2.06. The van der Waals surface area contributed by atoms with E-state index in [9.17, 15) is 9.59 Å². The molecule has 12 heavy (non-hydrogen) atoms. The van der Waals surface area contributed by atoms with Gasteiger partial charge in [0.25, 0.3) is 0 Å². The molecule has 1 aromatic heterocycles. The first kappa shape index (κ1) is 8.32. The maximum Gasteiger partial charge on any atom is 0.372 e. The summed E-state index contributed by atoms with van der Waals surface area (Å²) in [5.74, 6) is -2.13. The average molecular weight is 166 g/mol. The lowest BCUT2D eigenvalue weighted by Crippen LogP contribution is -2.16. The van der Waals surface area contributed by atoms with Gasteiger partial charge in [-0.3, -0.25) is 4.79 Å². The molecule has 0 bridgehead atoms. The summed E-state index contributed by atoms with van der Waals surface area (Å²) in [5, 5.41) is 8.24. The molecule has 0 aliphatic carbocycles. The number of carbonyl (C=O) groups excluding carboxylic acids is 1. The van der Waals surface area contributed by atoms with Crippen molar-refractivity contribution >= 4 is 11.8 Å². The van der Waals surface area contributed by atoms with Crippen LogP contribution in [0, 0.1) is 0 Å². The normalized spacial score (nSPS) is 9.33. The monoisotopic (exact) mass is 166 g/mol. The fourth-order valence-electron chi connectivity index (χ4n) is 0.640. The molecule has 0 aliphatic heterocycles. The van der Waals surface area contributed by atoms with Gasteiger partial charge in [-0.05, 0) is 6.07 Å². The Labute approximate surface area is 68.1 Å². The molecule has 0 unspecified atom stereocenters. The van der Waals surface area contributed by atoms with E-state index in [1.165, 1.54) is 12.4 Å². The van der Waals surface area contributed by atoms with Gasteiger partial charge in [-0.2, -0.15) is 0 Å². The van der Waals surface area contributed by atoms with E-state index in [-0.39, 0.29) is 12.2 Å². The minimum Gasteiger partial charge on any atom is -0.475 e. The van der Waals surface area contributed by atoms with E-state index >= 15 is 0 Å². The summed E-state index contributed by atoms with van der Waals surface area (Å²) in [4.78, 5) is 28.1. The van der Waals surface area contributed by atoms with Crippen LogP contribution in [0.4, 0.5) is 0 Å². The molecule has 1 aromatic rings. The molecular formula is C7H6N2O3. The van der Waals surface area contributed by atoms with Gasteiger partial charge >= 0.3 is 5.97 Å². The van der Waals surface area contributed by atoms with Gasteiger partial charge < -0.3 is 5.11 Å². The van der Waals surface area contributed by atoms with Gasteiger partial charge in [0.05, 0.1) is 6.42 Å². The van der Waals surface area contributed by atoms with Crippen LogP contribution < -0.4 is 0 Å². The first-order chi connectivity index (χ1) is 5.70. The second-order valence-electron chi connectivity index (χ2n) is 2.07. The summed E-state index contributed by atoms with van der Waals surface area (Å²) in [7, 11) is 0. The molecule has 0 saturated carbocycles. The van der Waals surface area contributed by atoms with E-state index < -0.39 is 11.8 Å². The molecule has 1 N–H and O–H groups in total. The fraction of sp³-hybridized carbons (Fsp3) is 0.143. The molecule has 0 atom stereocenters. The predicted molar refractivity (Wildman–Crippen MR) is 38.4 cm³/mol. The van der Waals surface area contributed by atoms with Gasteiger partial charge in [-0.1, -0.05) is 0 Å². The van der Waals surface area contributed by atoms with Crippen molar-refractivity contribution in [3.8, 4) is 0 Å². The maximum atomic E-state index is 10.6. The SMILES string of the molecule is O=C(O)C(=O)Cc1ncccn1. The Kier molecular flexibility index (Phi) is 2.47. The van der Waals surface area contributed by atoms with E-state index in [1.807, 2.05) is 0 Å². The van der Waals surface area contributed by atoms with Crippen LogP contribution in [0.5, 0.6) is 0 Å². The van der Waals surface area contributed by atoms with Crippen molar-refractivity contribution in [1.82, 2.24) is 9.97 Å². The van der Waals surface area contributed by atoms with Crippen molar-refractivity contribution in [3.63, 3.8) is 0 Å². The van der Waals surface area contributed by atoms with Gasteiger partial charge in [0.1, 0.15) is 5.82 Å². The Hall–Kier alpha value is -1.78. The molecular weight excluding hydrogens is 160 g/mol. The van der Waals surface area contributed by atoms with Crippen LogP contribution in [0.3, 0.4) is 0 Å². The molecule has 5 nitrogen and oxygen atoms in total. The first-order valence-corrected chi connectivity index (χ1v) is 3.22. The number of rotatable bonds is 3. The topological polar surface area (TPSA) is 80.1 Å². The van der Waals surface area contributed by atoms with E-state index in [1.54, 1.807) is 6.07 Å². The summed E-state index contributed by atoms with van der Waals surface area (Å²) >= 11 is 0. The number of hydrogen-bond donors (Lipinski definition) is 1. The van der Waals surface area contributed by atoms with Gasteiger partial charge in [-0.15, -0.1) is 0 Å². The lowest BCUT2D eigenvalue weighted by atomic mass is 10.3. The minimum absolute atomic E-state index is 0.227. The molecule has 1 rings (SSSR count). The lowest BCUT2D eigenvalue weighted by molar-refractivity contribution is -0.148. The van der Waals surface area contributed by atoms with E-state index in [4.69, 9.17) is 5.11 Å². The highest BCUT2D eigenvalue weighted by Gasteiger charge is 2.12. The summed E-state index contributed by atoms with van der Waals surface area (Å²) < 4.78 is 0. The van der Waals surface area contributed by atoms with Crippen molar-refractivity contribution in [2.45, 2.75) is 6.42 Å². The van der Waals surface area contributed by atoms with Crippen LogP contribution in [0.15, 0.2) is 18.5 Å². The molecule has 0 radical (unpaired) electrons. The van der Waals surface area contributed by atoms with Crippen LogP contribution in [0.25, 0.3) is 0 Å². The van der Waals surface area contributed by atoms with Crippen LogP contribution in [0.2, 0.25) is 0 Å². The zero-order valence-electron chi connectivity index (χ0n) is 6.10. The molecule has 0 amide bonds. The molecule has 0 aromatic carbocycles. The zero-order valence-corrected chi connectivity index (χ0v) is 6.10. The minimum atomic E-state index is -1.46. The van der Waals surface area contributed by atoms with Crippen molar-refractivity contribution in [1.29, 1.82) is 0 Å². The van der Waals surface area contributed by atoms with E-state index in [0.29, 0.717) is 0 Å². The standard InChI is InChI=1S/C7H6N2O3/c10-5(7(11)12)4-6-8-2-1-3-9-6/h1-3H,4H2,(H,11,12). The summed E-state index contributed by atoms with van der Waals surface area (Å²) in [6.07, 6.45) is 2.66. The number of hydrogen-bond acceptors (Lipinski definition) is 4. The predicted octanol–water partition coefficient (Wildman–Crippen LogP) is -0.327. The number of aromatic nitrogens is 2. The van der Waals surface area contributed by atoms with Crippen molar-refractivity contribution in [3.05, 3.63) is 24.3 Å². The molecule has 0 fully saturated rings. The maximum absolute atomic E-state index is 10.6. The third kappa shape index (κ3) is 2.12. The molecule has 1 heterocycles. The van der Waals surface area contributed by atoms with Crippen molar-refractivity contribution < 1.29 is 14.7 Å². The molecule has 0 saturated heterocycles. The van der Waals surface area contributed by atoms with E-state index in [0.717, 1.165) is 0 Å². The number of Topliss-reactive ketones (excluding diaryl/α,β-unsaturated/α-hetero) is 1. The van der Waals surface area contributed by atoms with Gasteiger partial charge in [0, 0.05) is 12.4 Å². The first-order valence-electron chi connectivity index (χ1n) is 3.22.